The number of carbonyl (C=O) groups excluding carboxylic acids is 3. The van der Waals surface area contributed by atoms with Crippen LogP contribution in [0, 0.1) is 5.92 Å². The Morgan fingerprint density at radius 2 is 1.64 bits per heavy atom. The average Bonchev–Trinajstić information content (AvgIpc) is 3.47. The van der Waals surface area contributed by atoms with E-state index in [9.17, 15) is 19.2 Å². The molecule has 0 radical (unpaired) electrons. The number of hydrogen-bond donors (Lipinski definition) is 1. The third-order valence-electron chi connectivity index (χ3n) is 7.94. The van der Waals surface area contributed by atoms with Gasteiger partial charge in [0.2, 0.25) is 17.7 Å². The molecule has 0 bridgehead atoms. The van der Waals surface area contributed by atoms with Crippen molar-refractivity contribution >= 4 is 78.9 Å². The number of halogens is 1. The summed E-state index contributed by atoms with van der Waals surface area (Å²) in [4.78, 5) is 56.2. The number of carbonyl (C=O) groups is 3. The van der Waals surface area contributed by atoms with Gasteiger partial charge >= 0.3 is 4.87 Å². The number of amides is 3. The first-order valence-corrected chi connectivity index (χ1v) is 16.3. The van der Waals surface area contributed by atoms with E-state index >= 15 is 0 Å². The molecule has 3 amide bonds. The number of hydrogen-bond acceptors (Lipinski definition) is 7. The van der Waals surface area contributed by atoms with Gasteiger partial charge in [0, 0.05) is 21.0 Å². The highest BCUT2D eigenvalue weighted by Gasteiger charge is 2.56. The van der Waals surface area contributed by atoms with Crippen molar-refractivity contribution in [2.24, 2.45) is 5.92 Å². The summed E-state index contributed by atoms with van der Waals surface area (Å²) in [5.41, 5.74) is 1.90. The van der Waals surface area contributed by atoms with Gasteiger partial charge in [0.1, 0.15) is 17.5 Å². The lowest BCUT2D eigenvalue weighted by Crippen LogP contribution is -2.33. The first-order valence-electron chi connectivity index (χ1n) is 13.8. The molecule has 1 N–H and O–H groups in total. The van der Waals surface area contributed by atoms with Crippen LogP contribution in [-0.4, -0.2) is 34.6 Å². The first-order chi connectivity index (χ1) is 21.3. The van der Waals surface area contributed by atoms with Gasteiger partial charge in [-0.15, -0.1) is 0 Å². The van der Waals surface area contributed by atoms with E-state index in [1.807, 2.05) is 66.7 Å². The Balaban J connectivity index is 1.25. The molecular weight excluding hydrogens is 662 g/mol. The second kappa shape index (κ2) is 11.4. The van der Waals surface area contributed by atoms with E-state index < -0.39 is 17.1 Å². The largest absolute Gasteiger partial charge is 0.497 e. The Bertz CT molecular complexity index is 2010. The fraction of sp³-hybridized carbons (Fsp3) is 0.152. The summed E-state index contributed by atoms with van der Waals surface area (Å²) in [5, 5.41) is 4.72. The maximum atomic E-state index is 14.0. The lowest BCUT2D eigenvalue weighted by molar-refractivity contribution is -0.122. The van der Waals surface area contributed by atoms with Gasteiger partial charge in [0.05, 0.1) is 23.7 Å². The third-order valence-corrected chi connectivity index (χ3v) is 11.1. The van der Waals surface area contributed by atoms with E-state index in [0.29, 0.717) is 27.0 Å². The number of anilines is 2. The maximum absolute atomic E-state index is 14.0. The summed E-state index contributed by atoms with van der Waals surface area (Å²) in [7, 11) is 1.55. The molecule has 1 aromatic heterocycles. The van der Waals surface area contributed by atoms with Gasteiger partial charge in [-0.2, -0.15) is 0 Å². The highest BCUT2D eigenvalue weighted by atomic mass is 79.9. The number of thioether (sulfide) groups is 1. The maximum Gasteiger partial charge on any atom is 0.308 e. The van der Waals surface area contributed by atoms with E-state index in [0.717, 1.165) is 32.1 Å². The van der Waals surface area contributed by atoms with E-state index in [-0.39, 0.29) is 29.1 Å². The number of thiazole rings is 1. The zero-order chi connectivity index (χ0) is 30.5. The Morgan fingerprint density at radius 1 is 0.909 bits per heavy atom. The number of methoxy groups -OCH3 is 1. The van der Waals surface area contributed by atoms with Crippen molar-refractivity contribution in [3.8, 4) is 5.75 Å². The van der Waals surface area contributed by atoms with Crippen LogP contribution in [0.1, 0.15) is 16.4 Å². The molecule has 4 aromatic carbocycles. The lowest BCUT2D eigenvalue weighted by atomic mass is 9.83. The summed E-state index contributed by atoms with van der Waals surface area (Å²) in [6.45, 7) is -0.223. The molecule has 44 heavy (non-hydrogen) atoms. The second-order valence-corrected chi connectivity index (χ2v) is 13.6. The summed E-state index contributed by atoms with van der Waals surface area (Å²) in [5.74, 6) is -1.68. The lowest BCUT2D eigenvalue weighted by Gasteiger charge is -2.30. The minimum atomic E-state index is -0.769. The minimum Gasteiger partial charge on any atom is -0.497 e. The smallest absolute Gasteiger partial charge is 0.308 e. The third kappa shape index (κ3) is 4.94. The SMILES string of the molecule is COc1ccc(N2C(=O)C3Sc4c(sc(=O)n4CC(=O)Nc4ccc5ccccc5c4)[C@H](c4ccc(Br)cc4)C3C2=O)cc1. The first kappa shape index (κ1) is 28.6. The van der Waals surface area contributed by atoms with Crippen LogP contribution in [-0.2, 0) is 20.9 Å². The Kier molecular flexibility index (Phi) is 7.39. The zero-order valence-corrected chi connectivity index (χ0v) is 26.4. The van der Waals surface area contributed by atoms with Crippen molar-refractivity contribution in [3.05, 3.63) is 116 Å². The van der Waals surface area contributed by atoms with Crippen LogP contribution in [0.5, 0.6) is 5.75 Å². The predicted molar refractivity (Wildman–Crippen MR) is 176 cm³/mol. The van der Waals surface area contributed by atoms with Crippen LogP contribution < -0.4 is 19.8 Å². The molecule has 3 heterocycles. The molecule has 3 atom stereocenters. The van der Waals surface area contributed by atoms with Gasteiger partial charge in [0.25, 0.3) is 0 Å². The summed E-state index contributed by atoms with van der Waals surface area (Å²) in [6.07, 6.45) is 0. The van der Waals surface area contributed by atoms with Gasteiger partial charge in [-0.3, -0.25) is 23.7 Å². The van der Waals surface area contributed by atoms with Crippen LogP contribution >= 0.6 is 39.0 Å². The number of nitrogens with one attached hydrogen (secondary N) is 1. The topological polar surface area (TPSA) is 97.7 Å². The van der Waals surface area contributed by atoms with Gasteiger partial charge in [-0.25, -0.2) is 4.90 Å². The molecule has 1 saturated heterocycles. The Hall–Kier alpha value is -4.19. The molecule has 11 heteroatoms. The molecule has 5 aromatic rings. The fourth-order valence-electron chi connectivity index (χ4n) is 5.88. The Morgan fingerprint density at radius 3 is 2.36 bits per heavy atom. The van der Waals surface area contributed by atoms with Crippen LogP contribution in [0.4, 0.5) is 11.4 Å². The number of rotatable bonds is 6. The predicted octanol–water partition coefficient (Wildman–Crippen LogP) is 6.27. The molecule has 0 aliphatic carbocycles. The molecule has 0 spiro atoms. The fourth-order valence-corrected chi connectivity index (χ4v) is 8.92. The molecule has 2 unspecified atom stereocenters. The number of aromatic nitrogens is 1. The normalized spacial score (nSPS) is 19.1. The highest BCUT2D eigenvalue weighted by molar-refractivity contribution is 9.10. The standard InChI is InChI=1S/C33H24BrN3O5S2/c1-42-24-14-12-23(13-15-24)37-30(39)27-26(19-6-9-21(34)10-7-19)29-32(43-28(27)31(37)40)36(33(41)44-29)17-25(38)35-22-11-8-18-4-2-3-5-20(18)16-22/h2-16,26-28H,17H2,1H3,(H,35,38)/t26-,27?,28?/m1/s1. The van der Waals surface area contributed by atoms with Crippen molar-refractivity contribution in [3.63, 3.8) is 0 Å². The van der Waals surface area contributed by atoms with Gasteiger partial charge in [0.15, 0.2) is 0 Å². The molecule has 2 aliphatic rings. The number of fused-ring (bicyclic) bond motifs is 3. The molecule has 220 valence electrons. The van der Waals surface area contributed by atoms with Crippen LogP contribution in [0.25, 0.3) is 10.8 Å². The molecule has 8 nitrogen and oxygen atoms in total. The summed E-state index contributed by atoms with van der Waals surface area (Å²) in [6, 6.07) is 27.9. The van der Waals surface area contributed by atoms with Crippen molar-refractivity contribution in [1.29, 1.82) is 0 Å². The van der Waals surface area contributed by atoms with Crippen molar-refractivity contribution in [2.75, 3.05) is 17.3 Å². The second-order valence-electron chi connectivity index (χ2n) is 10.5. The monoisotopic (exact) mass is 685 g/mol. The van der Waals surface area contributed by atoms with Gasteiger partial charge in [-0.05, 0) is 64.9 Å². The molecule has 2 aliphatic heterocycles. The number of ether oxygens (including phenoxy) is 1. The average molecular weight is 687 g/mol. The van der Waals surface area contributed by atoms with Gasteiger partial charge in [-0.1, -0.05) is 81.5 Å². The summed E-state index contributed by atoms with van der Waals surface area (Å²) < 4.78 is 7.54. The molecule has 7 rings (SSSR count). The van der Waals surface area contributed by atoms with Crippen LogP contribution in [0.3, 0.4) is 0 Å². The molecular formula is C33H24BrN3O5S2. The number of nitrogens with zero attached hydrogens (tertiary/aromatic N) is 2. The van der Waals surface area contributed by atoms with E-state index in [4.69, 9.17) is 4.74 Å². The number of benzene rings is 4. The highest BCUT2D eigenvalue weighted by Crippen LogP contribution is 2.54. The van der Waals surface area contributed by atoms with E-state index in [2.05, 4.69) is 21.2 Å². The Labute approximate surface area is 268 Å². The molecule has 0 saturated carbocycles. The van der Waals surface area contributed by atoms with Crippen molar-refractivity contribution in [1.82, 2.24) is 4.57 Å². The van der Waals surface area contributed by atoms with Crippen LogP contribution in [0.15, 0.2) is 105 Å². The van der Waals surface area contributed by atoms with Crippen LogP contribution in [0.2, 0.25) is 0 Å². The number of imide groups is 1. The van der Waals surface area contributed by atoms with Crippen molar-refractivity contribution in [2.45, 2.75) is 22.7 Å². The zero-order valence-electron chi connectivity index (χ0n) is 23.2. The molecule has 1 fully saturated rings. The summed E-state index contributed by atoms with van der Waals surface area (Å²) >= 11 is 5.69. The van der Waals surface area contributed by atoms with E-state index in [1.165, 1.54) is 21.2 Å². The quantitative estimate of drug-likeness (QED) is 0.212. The van der Waals surface area contributed by atoms with Gasteiger partial charge < -0.3 is 10.1 Å². The van der Waals surface area contributed by atoms with E-state index in [1.54, 1.807) is 31.4 Å². The minimum absolute atomic E-state index is 0.223. The van der Waals surface area contributed by atoms with Crippen molar-refractivity contribution < 1.29 is 19.1 Å².